The number of morpholine rings is 1. The van der Waals surface area contributed by atoms with Crippen LogP contribution in [0.15, 0.2) is 24.5 Å². The second-order valence-corrected chi connectivity index (χ2v) is 8.44. The van der Waals surface area contributed by atoms with E-state index in [1.165, 1.54) is 0 Å². The second-order valence-electron chi connectivity index (χ2n) is 8.44. The van der Waals surface area contributed by atoms with E-state index in [2.05, 4.69) is 10.1 Å². The number of hydrogen-bond donors (Lipinski definition) is 0. The first-order valence-corrected chi connectivity index (χ1v) is 11.2. The first-order chi connectivity index (χ1) is 15.4. The maximum absolute atomic E-state index is 13.3. The molecule has 2 aromatic heterocycles. The van der Waals surface area contributed by atoms with Gasteiger partial charge in [-0.3, -0.25) is 19.3 Å². The summed E-state index contributed by atoms with van der Waals surface area (Å²) in [7, 11) is 1.91. The number of aromatic nitrogens is 3. The van der Waals surface area contributed by atoms with E-state index in [1.807, 2.05) is 37.7 Å². The lowest BCUT2D eigenvalue weighted by Crippen LogP contribution is -2.51. The van der Waals surface area contributed by atoms with E-state index in [9.17, 15) is 9.59 Å². The summed E-state index contributed by atoms with van der Waals surface area (Å²) >= 11 is 0. The number of likely N-dealkylation sites (tertiary alicyclic amines) is 1. The highest BCUT2D eigenvalue weighted by Gasteiger charge is 2.42. The molecule has 0 radical (unpaired) electrons. The van der Waals surface area contributed by atoms with Gasteiger partial charge in [-0.05, 0) is 38.0 Å². The number of carbonyl (C=O) groups is 2. The maximum Gasteiger partial charge on any atom is 0.245 e. The predicted molar refractivity (Wildman–Crippen MR) is 117 cm³/mol. The van der Waals surface area contributed by atoms with Gasteiger partial charge in [-0.25, -0.2) is 0 Å². The van der Waals surface area contributed by atoms with Crippen molar-refractivity contribution in [3.8, 4) is 5.75 Å². The number of amides is 2. The van der Waals surface area contributed by atoms with E-state index in [4.69, 9.17) is 9.47 Å². The molecule has 4 rings (SSSR count). The Hall–Kier alpha value is -2.94. The van der Waals surface area contributed by atoms with E-state index in [0.717, 1.165) is 17.0 Å². The van der Waals surface area contributed by atoms with Crippen LogP contribution in [0.3, 0.4) is 0 Å². The molecule has 2 amide bonds. The van der Waals surface area contributed by atoms with Gasteiger partial charge in [0.1, 0.15) is 17.9 Å². The van der Waals surface area contributed by atoms with Crippen LogP contribution in [0.4, 0.5) is 0 Å². The van der Waals surface area contributed by atoms with Crippen LogP contribution in [-0.2, 0) is 27.8 Å². The zero-order chi connectivity index (χ0) is 22.7. The Kier molecular flexibility index (Phi) is 6.74. The van der Waals surface area contributed by atoms with Gasteiger partial charge < -0.3 is 19.3 Å². The van der Waals surface area contributed by atoms with Crippen molar-refractivity contribution in [2.45, 2.75) is 45.3 Å². The van der Waals surface area contributed by atoms with Crippen molar-refractivity contribution >= 4 is 11.8 Å². The molecule has 32 heavy (non-hydrogen) atoms. The van der Waals surface area contributed by atoms with Crippen molar-refractivity contribution < 1.29 is 19.1 Å². The first kappa shape index (κ1) is 22.3. The molecule has 0 aromatic carbocycles. The molecule has 9 heteroatoms. The molecule has 2 aliphatic heterocycles. The molecule has 2 atom stereocenters. The van der Waals surface area contributed by atoms with Gasteiger partial charge in [0.25, 0.3) is 0 Å². The van der Waals surface area contributed by atoms with Crippen LogP contribution < -0.4 is 4.74 Å². The summed E-state index contributed by atoms with van der Waals surface area (Å²) in [5.41, 5.74) is 3.10. The van der Waals surface area contributed by atoms with Gasteiger partial charge in [0, 0.05) is 44.9 Å². The average molecular weight is 442 g/mol. The van der Waals surface area contributed by atoms with Crippen molar-refractivity contribution in [2.24, 2.45) is 7.05 Å². The molecule has 9 nitrogen and oxygen atoms in total. The van der Waals surface area contributed by atoms with Crippen LogP contribution in [0.5, 0.6) is 5.75 Å². The Balaban J connectivity index is 1.47. The molecule has 0 saturated carbocycles. The fourth-order valence-electron chi connectivity index (χ4n) is 4.55. The first-order valence-electron chi connectivity index (χ1n) is 11.2. The standard InChI is InChI=1S/C23H31N5O4/c1-16-20(17(2)26(3)25-16)6-7-22(29)28-15-19(32-18-5-4-8-24-14-18)13-21(28)23(30)27-9-11-31-12-10-27/h4-5,8,14,19,21H,6-7,9-13,15H2,1-3H3/t19-,21-/m0/s1. The number of ether oxygens (including phenoxy) is 2. The second kappa shape index (κ2) is 9.68. The Morgan fingerprint density at radius 3 is 2.69 bits per heavy atom. The van der Waals surface area contributed by atoms with Crippen molar-refractivity contribution in [2.75, 3.05) is 32.8 Å². The van der Waals surface area contributed by atoms with Gasteiger partial charge in [-0.2, -0.15) is 5.10 Å². The molecule has 2 aliphatic rings. The van der Waals surface area contributed by atoms with Gasteiger partial charge >= 0.3 is 0 Å². The third-order valence-electron chi connectivity index (χ3n) is 6.38. The Morgan fingerprint density at radius 2 is 2.03 bits per heavy atom. The summed E-state index contributed by atoms with van der Waals surface area (Å²) in [5, 5.41) is 4.44. The highest BCUT2D eigenvalue weighted by Crippen LogP contribution is 2.26. The summed E-state index contributed by atoms with van der Waals surface area (Å²) in [5.74, 6) is 0.593. The summed E-state index contributed by atoms with van der Waals surface area (Å²) in [6.07, 6.45) is 4.50. The van der Waals surface area contributed by atoms with E-state index in [-0.39, 0.29) is 17.9 Å². The largest absolute Gasteiger partial charge is 0.487 e. The third kappa shape index (κ3) is 4.77. The number of rotatable bonds is 6. The quantitative estimate of drug-likeness (QED) is 0.671. The molecule has 0 aliphatic carbocycles. The van der Waals surface area contributed by atoms with E-state index in [1.54, 1.807) is 22.2 Å². The topological polar surface area (TPSA) is 89.8 Å². The third-order valence-corrected chi connectivity index (χ3v) is 6.38. The zero-order valence-electron chi connectivity index (χ0n) is 19.0. The fourth-order valence-corrected chi connectivity index (χ4v) is 4.55. The lowest BCUT2D eigenvalue weighted by Gasteiger charge is -2.32. The van der Waals surface area contributed by atoms with Gasteiger partial charge in [0.2, 0.25) is 11.8 Å². The van der Waals surface area contributed by atoms with Crippen LogP contribution in [0.2, 0.25) is 0 Å². The highest BCUT2D eigenvalue weighted by molar-refractivity contribution is 5.88. The molecule has 0 unspecified atom stereocenters. The molecule has 2 fully saturated rings. The summed E-state index contributed by atoms with van der Waals surface area (Å²) in [6.45, 7) is 6.53. The number of carbonyl (C=O) groups excluding carboxylic acids is 2. The number of aryl methyl sites for hydroxylation is 2. The fraction of sp³-hybridized carbons (Fsp3) is 0.565. The summed E-state index contributed by atoms with van der Waals surface area (Å²) in [4.78, 5) is 34.2. The van der Waals surface area contributed by atoms with Crippen LogP contribution in [0.1, 0.15) is 29.8 Å². The SMILES string of the molecule is Cc1nn(C)c(C)c1CCC(=O)N1C[C@@H](Oc2cccnc2)C[C@H]1C(=O)N1CCOCC1. The number of nitrogens with zero attached hydrogens (tertiary/aromatic N) is 5. The highest BCUT2D eigenvalue weighted by atomic mass is 16.5. The molecule has 2 saturated heterocycles. The lowest BCUT2D eigenvalue weighted by molar-refractivity contribution is -0.146. The number of hydrogen-bond acceptors (Lipinski definition) is 6. The molecule has 0 spiro atoms. The minimum Gasteiger partial charge on any atom is -0.487 e. The molecule has 172 valence electrons. The van der Waals surface area contributed by atoms with Gasteiger partial charge in [0.05, 0.1) is 31.6 Å². The molecular formula is C23H31N5O4. The predicted octanol–water partition coefficient (Wildman–Crippen LogP) is 1.27. The van der Waals surface area contributed by atoms with Crippen molar-refractivity contribution in [3.63, 3.8) is 0 Å². The molecule has 2 aromatic rings. The molecule has 0 N–H and O–H groups in total. The van der Waals surface area contributed by atoms with Gasteiger partial charge in [0.15, 0.2) is 0 Å². The van der Waals surface area contributed by atoms with E-state index < -0.39 is 6.04 Å². The minimum atomic E-state index is -0.515. The normalized spacial score (nSPS) is 21.1. The van der Waals surface area contributed by atoms with Crippen LogP contribution in [0, 0.1) is 13.8 Å². The average Bonchev–Trinajstić information content (AvgIpc) is 3.33. The maximum atomic E-state index is 13.3. The van der Waals surface area contributed by atoms with E-state index in [0.29, 0.717) is 57.9 Å². The zero-order valence-corrected chi connectivity index (χ0v) is 19.0. The Morgan fingerprint density at radius 1 is 1.25 bits per heavy atom. The Labute approximate surface area is 188 Å². The Bertz CT molecular complexity index is 955. The van der Waals surface area contributed by atoms with Crippen LogP contribution in [0.25, 0.3) is 0 Å². The monoisotopic (exact) mass is 441 g/mol. The van der Waals surface area contributed by atoms with E-state index >= 15 is 0 Å². The van der Waals surface area contributed by atoms with Crippen molar-refractivity contribution in [1.29, 1.82) is 0 Å². The van der Waals surface area contributed by atoms with Gasteiger partial charge in [-0.15, -0.1) is 0 Å². The smallest absolute Gasteiger partial charge is 0.245 e. The van der Waals surface area contributed by atoms with Crippen LogP contribution in [-0.4, -0.2) is 81.4 Å². The minimum absolute atomic E-state index is 0.0207. The molecule has 0 bridgehead atoms. The van der Waals surface area contributed by atoms with Crippen molar-refractivity contribution in [3.05, 3.63) is 41.5 Å². The number of pyridine rings is 1. The van der Waals surface area contributed by atoms with Gasteiger partial charge in [-0.1, -0.05) is 0 Å². The van der Waals surface area contributed by atoms with Crippen LogP contribution >= 0.6 is 0 Å². The summed E-state index contributed by atoms with van der Waals surface area (Å²) < 4.78 is 13.3. The summed E-state index contributed by atoms with van der Waals surface area (Å²) in [6, 6.07) is 3.13. The lowest BCUT2D eigenvalue weighted by atomic mass is 10.1. The molecule has 4 heterocycles. The molecular weight excluding hydrogens is 410 g/mol. The van der Waals surface area contributed by atoms with Crippen molar-refractivity contribution in [1.82, 2.24) is 24.6 Å².